The van der Waals surface area contributed by atoms with Crippen LogP contribution in [0.2, 0.25) is 0 Å². The third-order valence-corrected chi connectivity index (χ3v) is 5.97. The van der Waals surface area contributed by atoms with Gasteiger partial charge in [-0.25, -0.2) is 0 Å². The van der Waals surface area contributed by atoms with Gasteiger partial charge in [-0.05, 0) is 49.6 Å². The molecule has 2 atom stereocenters. The molecule has 1 aromatic heterocycles. The molecular formula is C23H20N2O6. The summed E-state index contributed by atoms with van der Waals surface area (Å²) in [5.74, 6) is -0.337. The maximum absolute atomic E-state index is 13.5. The number of nitro groups is 1. The van der Waals surface area contributed by atoms with Gasteiger partial charge in [0.25, 0.3) is 11.6 Å². The van der Waals surface area contributed by atoms with E-state index in [0.717, 1.165) is 18.4 Å². The van der Waals surface area contributed by atoms with Gasteiger partial charge in [-0.3, -0.25) is 19.7 Å². The molecule has 1 saturated heterocycles. The highest BCUT2D eigenvalue weighted by Crippen LogP contribution is 2.39. The van der Waals surface area contributed by atoms with Crippen molar-refractivity contribution in [2.45, 2.75) is 31.9 Å². The molecule has 3 aromatic rings. The Balaban J connectivity index is 1.69. The highest BCUT2D eigenvalue weighted by Gasteiger charge is 2.44. The van der Waals surface area contributed by atoms with Crippen molar-refractivity contribution in [3.63, 3.8) is 0 Å². The van der Waals surface area contributed by atoms with E-state index in [1.807, 2.05) is 13.0 Å². The molecular weight excluding hydrogens is 400 g/mol. The lowest BCUT2D eigenvalue weighted by molar-refractivity contribution is -0.384. The first-order valence-corrected chi connectivity index (χ1v) is 10.2. The molecule has 0 spiro atoms. The maximum Gasteiger partial charge on any atom is 0.291 e. The fourth-order valence-corrected chi connectivity index (χ4v) is 4.46. The van der Waals surface area contributed by atoms with E-state index < -0.39 is 11.0 Å². The maximum atomic E-state index is 13.5. The topological polar surface area (TPSA) is 103 Å². The zero-order chi connectivity index (χ0) is 21.7. The average molecular weight is 420 g/mol. The van der Waals surface area contributed by atoms with Crippen LogP contribution in [0.5, 0.6) is 0 Å². The first-order chi connectivity index (χ1) is 14.9. The Bertz CT molecular complexity index is 1260. The molecule has 3 heterocycles. The van der Waals surface area contributed by atoms with E-state index in [9.17, 15) is 19.7 Å². The second kappa shape index (κ2) is 7.31. The zero-order valence-electron chi connectivity index (χ0n) is 16.9. The van der Waals surface area contributed by atoms with E-state index >= 15 is 0 Å². The van der Waals surface area contributed by atoms with Crippen molar-refractivity contribution >= 4 is 22.6 Å². The molecule has 0 radical (unpaired) electrons. The minimum absolute atomic E-state index is 0.0303. The summed E-state index contributed by atoms with van der Waals surface area (Å²) in [5.41, 5.74) is 1.85. The van der Waals surface area contributed by atoms with Gasteiger partial charge in [0.15, 0.2) is 5.43 Å². The molecule has 0 saturated carbocycles. The fraction of sp³-hybridized carbons (Fsp3) is 0.304. The minimum Gasteiger partial charge on any atom is -0.450 e. The number of hydrogen-bond acceptors (Lipinski definition) is 6. The van der Waals surface area contributed by atoms with E-state index in [0.29, 0.717) is 29.7 Å². The summed E-state index contributed by atoms with van der Waals surface area (Å²) >= 11 is 0. The predicted octanol–water partition coefficient (Wildman–Crippen LogP) is 3.73. The molecule has 158 valence electrons. The SMILES string of the molecule is Cc1ccc2oc3c(c(=O)c2c1)[C@@H](c1ccc([N+](=O)[O-])cc1)N(C[C@H]1CCCO1)C3=O. The standard InChI is InChI=1S/C23H20N2O6/c1-13-4-9-18-17(11-13)21(26)19-20(14-5-7-15(8-6-14)25(28)29)24(23(27)22(19)31-18)12-16-3-2-10-30-16/h4-9,11,16,20H,2-3,10,12H2,1H3/t16-,20-/m1/s1. The van der Waals surface area contributed by atoms with Crippen molar-refractivity contribution in [3.05, 3.63) is 85.3 Å². The number of ether oxygens (including phenoxy) is 1. The Hall–Kier alpha value is -3.52. The highest BCUT2D eigenvalue weighted by molar-refractivity contribution is 5.99. The Kier molecular flexibility index (Phi) is 4.59. The van der Waals surface area contributed by atoms with Crippen LogP contribution in [0.1, 0.15) is 46.1 Å². The number of amides is 1. The number of benzene rings is 2. The summed E-state index contributed by atoms with van der Waals surface area (Å²) in [6.07, 6.45) is 1.63. The van der Waals surface area contributed by atoms with Crippen LogP contribution < -0.4 is 5.43 Å². The van der Waals surface area contributed by atoms with Crippen molar-refractivity contribution in [3.8, 4) is 0 Å². The summed E-state index contributed by atoms with van der Waals surface area (Å²) in [5, 5.41) is 11.5. The van der Waals surface area contributed by atoms with Crippen LogP contribution in [0, 0.1) is 17.0 Å². The fourth-order valence-electron chi connectivity index (χ4n) is 4.46. The number of aryl methyl sites for hydroxylation is 1. The largest absolute Gasteiger partial charge is 0.450 e. The van der Waals surface area contributed by atoms with Crippen LogP contribution in [0.25, 0.3) is 11.0 Å². The van der Waals surface area contributed by atoms with Gasteiger partial charge < -0.3 is 14.1 Å². The number of nitro benzene ring substituents is 1. The summed E-state index contributed by atoms with van der Waals surface area (Å²) < 4.78 is 11.6. The number of non-ortho nitro benzene ring substituents is 1. The van der Waals surface area contributed by atoms with Crippen LogP contribution in [-0.4, -0.2) is 35.0 Å². The first kappa shape index (κ1) is 19.4. The summed E-state index contributed by atoms with van der Waals surface area (Å²) in [6.45, 7) is 2.84. The summed E-state index contributed by atoms with van der Waals surface area (Å²) in [4.78, 5) is 39.0. The number of hydrogen-bond donors (Lipinski definition) is 0. The zero-order valence-corrected chi connectivity index (χ0v) is 16.9. The van der Waals surface area contributed by atoms with Crippen LogP contribution in [-0.2, 0) is 4.74 Å². The number of fused-ring (bicyclic) bond motifs is 2. The summed E-state index contributed by atoms with van der Waals surface area (Å²) in [7, 11) is 0. The lowest BCUT2D eigenvalue weighted by atomic mass is 9.97. The van der Waals surface area contributed by atoms with Gasteiger partial charge >= 0.3 is 0 Å². The van der Waals surface area contributed by atoms with Gasteiger partial charge in [0.2, 0.25) is 5.76 Å². The smallest absolute Gasteiger partial charge is 0.291 e. The van der Waals surface area contributed by atoms with E-state index in [1.54, 1.807) is 29.2 Å². The van der Waals surface area contributed by atoms with Crippen LogP contribution >= 0.6 is 0 Å². The highest BCUT2D eigenvalue weighted by atomic mass is 16.6. The van der Waals surface area contributed by atoms with Gasteiger partial charge in [-0.1, -0.05) is 11.6 Å². The van der Waals surface area contributed by atoms with E-state index in [-0.39, 0.29) is 34.5 Å². The second-order valence-corrected chi connectivity index (χ2v) is 8.02. The van der Waals surface area contributed by atoms with Crippen LogP contribution in [0.4, 0.5) is 5.69 Å². The molecule has 0 aliphatic carbocycles. The molecule has 1 fully saturated rings. The molecule has 0 bridgehead atoms. The average Bonchev–Trinajstić information content (AvgIpc) is 3.36. The Labute approximate surface area is 177 Å². The number of rotatable bonds is 4. The molecule has 2 aliphatic rings. The Morgan fingerprint density at radius 2 is 1.94 bits per heavy atom. The minimum atomic E-state index is -0.686. The molecule has 8 nitrogen and oxygen atoms in total. The Morgan fingerprint density at radius 3 is 2.61 bits per heavy atom. The van der Waals surface area contributed by atoms with Crippen molar-refractivity contribution < 1.29 is 18.9 Å². The van der Waals surface area contributed by atoms with Gasteiger partial charge in [0.05, 0.1) is 28.0 Å². The van der Waals surface area contributed by atoms with Gasteiger partial charge in [0, 0.05) is 25.3 Å². The molecule has 0 unspecified atom stereocenters. The lowest BCUT2D eigenvalue weighted by Crippen LogP contribution is -2.36. The van der Waals surface area contributed by atoms with Gasteiger partial charge in [-0.15, -0.1) is 0 Å². The van der Waals surface area contributed by atoms with Gasteiger partial charge in [0.1, 0.15) is 5.58 Å². The number of carbonyl (C=O) groups is 1. The third-order valence-electron chi connectivity index (χ3n) is 5.97. The molecule has 8 heteroatoms. The third kappa shape index (κ3) is 3.19. The molecule has 1 amide bonds. The quantitative estimate of drug-likeness (QED) is 0.471. The number of carbonyl (C=O) groups excluding carboxylic acids is 1. The van der Waals surface area contributed by atoms with Crippen LogP contribution in [0.15, 0.2) is 51.7 Å². The number of nitrogens with zero attached hydrogens (tertiary/aromatic N) is 2. The van der Waals surface area contributed by atoms with Crippen molar-refractivity contribution in [1.29, 1.82) is 0 Å². The van der Waals surface area contributed by atoms with E-state index in [4.69, 9.17) is 9.15 Å². The molecule has 2 aliphatic heterocycles. The normalized spacial score (nSPS) is 20.4. The molecule has 5 rings (SSSR count). The van der Waals surface area contributed by atoms with Crippen molar-refractivity contribution in [1.82, 2.24) is 4.90 Å². The monoisotopic (exact) mass is 420 g/mol. The van der Waals surface area contributed by atoms with Crippen LogP contribution in [0.3, 0.4) is 0 Å². The molecule has 31 heavy (non-hydrogen) atoms. The Morgan fingerprint density at radius 1 is 1.16 bits per heavy atom. The molecule has 0 N–H and O–H groups in total. The van der Waals surface area contributed by atoms with Crippen molar-refractivity contribution in [2.24, 2.45) is 0 Å². The second-order valence-electron chi connectivity index (χ2n) is 8.02. The summed E-state index contributed by atoms with van der Waals surface area (Å²) in [6, 6.07) is 10.5. The predicted molar refractivity (Wildman–Crippen MR) is 112 cm³/mol. The first-order valence-electron chi connectivity index (χ1n) is 10.2. The van der Waals surface area contributed by atoms with E-state index in [2.05, 4.69) is 0 Å². The lowest BCUT2D eigenvalue weighted by Gasteiger charge is -2.27. The van der Waals surface area contributed by atoms with Crippen molar-refractivity contribution in [2.75, 3.05) is 13.2 Å². The van der Waals surface area contributed by atoms with Gasteiger partial charge in [-0.2, -0.15) is 0 Å². The van der Waals surface area contributed by atoms with E-state index in [1.165, 1.54) is 12.1 Å². The molecule has 2 aromatic carbocycles.